The van der Waals surface area contributed by atoms with Crippen LogP contribution < -0.4 is 5.32 Å². The van der Waals surface area contributed by atoms with Crippen molar-refractivity contribution >= 4 is 5.82 Å². The van der Waals surface area contributed by atoms with Gasteiger partial charge in [-0.15, -0.1) is 0 Å². The summed E-state index contributed by atoms with van der Waals surface area (Å²) in [5.74, 6) is 1.19. The number of hydrogen-bond acceptors (Lipinski definition) is 2. The zero-order chi connectivity index (χ0) is 11.0. The van der Waals surface area contributed by atoms with Crippen LogP contribution in [0, 0.1) is 0 Å². The molecule has 1 aromatic carbocycles. The third-order valence-electron chi connectivity index (χ3n) is 3.09. The normalized spacial score (nSPS) is 14.3. The molecule has 0 saturated heterocycles. The van der Waals surface area contributed by atoms with Gasteiger partial charge in [0.2, 0.25) is 0 Å². The molecule has 3 rings (SSSR count). The lowest BCUT2D eigenvalue weighted by molar-refractivity contribution is 0.750. The minimum atomic E-state index is 1.06. The molecule has 0 atom stereocenters. The number of nitrogens with one attached hydrogen (secondary N) is 1. The van der Waals surface area contributed by atoms with Crippen molar-refractivity contribution in [2.24, 2.45) is 7.05 Å². The van der Waals surface area contributed by atoms with Crippen LogP contribution in [-0.4, -0.2) is 16.3 Å². The zero-order valence-corrected chi connectivity index (χ0v) is 9.40. The van der Waals surface area contributed by atoms with E-state index in [1.54, 1.807) is 0 Å². The maximum absolute atomic E-state index is 4.62. The van der Waals surface area contributed by atoms with Crippen molar-refractivity contribution in [2.75, 3.05) is 11.9 Å². The summed E-state index contributed by atoms with van der Waals surface area (Å²) in [7, 11) is 2.00. The summed E-state index contributed by atoms with van der Waals surface area (Å²) >= 11 is 0. The van der Waals surface area contributed by atoms with Crippen molar-refractivity contribution in [1.82, 2.24) is 9.78 Å². The number of hydrogen-bond donors (Lipinski definition) is 1. The number of aromatic nitrogens is 2. The van der Waals surface area contributed by atoms with Gasteiger partial charge in [-0.2, -0.15) is 5.10 Å². The van der Waals surface area contributed by atoms with Gasteiger partial charge in [0.05, 0.1) is 5.69 Å². The van der Waals surface area contributed by atoms with E-state index in [0.29, 0.717) is 0 Å². The molecule has 0 bridgehead atoms. The first-order valence-corrected chi connectivity index (χ1v) is 5.71. The predicted octanol–water partition coefficient (Wildman–Crippen LogP) is 2.45. The van der Waals surface area contributed by atoms with E-state index < -0.39 is 0 Å². The van der Waals surface area contributed by atoms with Crippen LogP contribution in [-0.2, 0) is 13.5 Å². The molecule has 16 heavy (non-hydrogen) atoms. The zero-order valence-electron chi connectivity index (χ0n) is 9.40. The molecule has 3 nitrogen and oxygen atoms in total. The Morgan fingerprint density at radius 1 is 1.25 bits per heavy atom. The Balaban J connectivity index is 2.15. The quantitative estimate of drug-likeness (QED) is 0.788. The van der Waals surface area contributed by atoms with Crippen molar-refractivity contribution < 1.29 is 0 Å². The van der Waals surface area contributed by atoms with Gasteiger partial charge < -0.3 is 5.32 Å². The summed E-state index contributed by atoms with van der Waals surface area (Å²) in [6, 6.07) is 10.4. The minimum Gasteiger partial charge on any atom is -0.370 e. The molecule has 2 aromatic rings. The molecule has 0 aliphatic carbocycles. The van der Waals surface area contributed by atoms with Gasteiger partial charge in [0.1, 0.15) is 5.82 Å². The molecule has 0 radical (unpaired) electrons. The molecule has 0 amide bonds. The molecule has 0 fully saturated rings. The molecule has 1 aliphatic rings. The van der Waals surface area contributed by atoms with Gasteiger partial charge in [-0.05, 0) is 12.8 Å². The summed E-state index contributed by atoms with van der Waals surface area (Å²) < 4.78 is 1.96. The van der Waals surface area contributed by atoms with E-state index in [2.05, 4.69) is 34.7 Å². The van der Waals surface area contributed by atoms with Gasteiger partial charge in [-0.25, -0.2) is 0 Å². The first-order chi connectivity index (χ1) is 7.86. The third-order valence-corrected chi connectivity index (χ3v) is 3.09. The first-order valence-electron chi connectivity index (χ1n) is 5.71. The Morgan fingerprint density at radius 2 is 2.06 bits per heavy atom. The second-order valence-corrected chi connectivity index (χ2v) is 4.20. The minimum absolute atomic E-state index is 1.06. The van der Waals surface area contributed by atoms with Gasteiger partial charge in [0.25, 0.3) is 0 Å². The molecular weight excluding hydrogens is 198 g/mol. The van der Waals surface area contributed by atoms with E-state index in [-0.39, 0.29) is 0 Å². The highest BCUT2D eigenvalue weighted by Crippen LogP contribution is 2.31. The van der Waals surface area contributed by atoms with Crippen molar-refractivity contribution in [3.8, 4) is 11.3 Å². The molecule has 1 N–H and O–H groups in total. The molecule has 1 aliphatic heterocycles. The van der Waals surface area contributed by atoms with E-state index in [0.717, 1.165) is 18.7 Å². The average Bonchev–Trinajstić information content (AvgIpc) is 2.69. The number of rotatable bonds is 1. The van der Waals surface area contributed by atoms with Crippen LogP contribution in [0.5, 0.6) is 0 Å². The molecule has 2 heterocycles. The van der Waals surface area contributed by atoms with Gasteiger partial charge in [-0.1, -0.05) is 30.3 Å². The van der Waals surface area contributed by atoms with Crippen LogP contribution in [0.3, 0.4) is 0 Å². The lowest BCUT2D eigenvalue weighted by atomic mass is 10.0. The summed E-state index contributed by atoms with van der Waals surface area (Å²) in [5.41, 5.74) is 3.70. The predicted molar refractivity (Wildman–Crippen MR) is 65.5 cm³/mol. The monoisotopic (exact) mass is 213 g/mol. The Kier molecular flexibility index (Phi) is 2.17. The maximum atomic E-state index is 4.62. The Labute approximate surface area is 95.1 Å². The van der Waals surface area contributed by atoms with Gasteiger partial charge in [0.15, 0.2) is 0 Å². The van der Waals surface area contributed by atoms with Gasteiger partial charge in [-0.3, -0.25) is 4.68 Å². The largest absolute Gasteiger partial charge is 0.370 e. The summed E-state index contributed by atoms with van der Waals surface area (Å²) in [4.78, 5) is 0. The number of nitrogens with zero attached hydrogens (tertiary/aromatic N) is 2. The highest BCUT2D eigenvalue weighted by molar-refractivity contribution is 5.70. The Hall–Kier alpha value is -1.77. The SMILES string of the molecule is Cn1nc(-c2ccccc2)c2c1NCCC2. The van der Waals surface area contributed by atoms with E-state index in [4.69, 9.17) is 0 Å². The second kappa shape index (κ2) is 3.67. The Bertz CT molecular complexity index is 499. The highest BCUT2D eigenvalue weighted by Gasteiger charge is 2.19. The smallest absolute Gasteiger partial charge is 0.127 e. The molecule has 82 valence electrons. The molecular formula is C13H15N3. The molecule has 0 spiro atoms. The molecule has 3 heteroatoms. The van der Waals surface area contributed by atoms with E-state index >= 15 is 0 Å². The van der Waals surface area contributed by atoms with Crippen LogP contribution in [0.4, 0.5) is 5.82 Å². The standard InChI is InChI=1S/C13H15N3/c1-16-13-11(8-5-9-14-13)12(15-16)10-6-3-2-4-7-10/h2-4,6-7,14H,5,8-9H2,1H3. The lowest BCUT2D eigenvalue weighted by Crippen LogP contribution is -2.13. The van der Waals surface area contributed by atoms with Crippen LogP contribution in [0.2, 0.25) is 0 Å². The number of fused-ring (bicyclic) bond motifs is 1. The fourth-order valence-electron chi connectivity index (χ4n) is 2.33. The van der Waals surface area contributed by atoms with Gasteiger partial charge >= 0.3 is 0 Å². The number of benzene rings is 1. The van der Waals surface area contributed by atoms with E-state index in [1.807, 2.05) is 17.8 Å². The fourth-order valence-corrected chi connectivity index (χ4v) is 2.33. The third kappa shape index (κ3) is 1.40. The van der Waals surface area contributed by atoms with Crippen LogP contribution in [0.1, 0.15) is 12.0 Å². The number of aryl methyl sites for hydroxylation is 1. The lowest BCUT2D eigenvalue weighted by Gasteiger charge is -2.15. The first kappa shape index (κ1) is 9.46. The van der Waals surface area contributed by atoms with Crippen molar-refractivity contribution in [2.45, 2.75) is 12.8 Å². The second-order valence-electron chi connectivity index (χ2n) is 4.20. The van der Waals surface area contributed by atoms with Crippen molar-refractivity contribution in [3.05, 3.63) is 35.9 Å². The maximum Gasteiger partial charge on any atom is 0.127 e. The van der Waals surface area contributed by atoms with E-state index in [1.165, 1.54) is 23.4 Å². The fraction of sp³-hybridized carbons (Fsp3) is 0.308. The van der Waals surface area contributed by atoms with E-state index in [9.17, 15) is 0 Å². The summed E-state index contributed by atoms with van der Waals surface area (Å²) in [5, 5.41) is 8.04. The van der Waals surface area contributed by atoms with Crippen LogP contribution in [0.25, 0.3) is 11.3 Å². The van der Waals surface area contributed by atoms with Gasteiger partial charge in [0, 0.05) is 24.7 Å². The summed E-state index contributed by atoms with van der Waals surface area (Å²) in [6.07, 6.45) is 2.32. The van der Waals surface area contributed by atoms with Crippen molar-refractivity contribution in [3.63, 3.8) is 0 Å². The summed E-state index contributed by atoms with van der Waals surface area (Å²) in [6.45, 7) is 1.06. The Morgan fingerprint density at radius 3 is 2.88 bits per heavy atom. The molecule has 0 unspecified atom stereocenters. The van der Waals surface area contributed by atoms with Crippen LogP contribution >= 0.6 is 0 Å². The molecule has 0 saturated carbocycles. The van der Waals surface area contributed by atoms with Crippen molar-refractivity contribution in [1.29, 1.82) is 0 Å². The number of anilines is 1. The topological polar surface area (TPSA) is 29.9 Å². The average molecular weight is 213 g/mol. The van der Waals surface area contributed by atoms with Crippen LogP contribution in [0.15, 0.2) is 30.3 Å². The highest BCUT2D eigenvalue weighted by atomic mass is 15.3. The molecule has 1 aromatic heterocycles.